The van der Waals surface area contributed by atoms with Gasteiger partial charge in [0.15, 0.2) is 0 Å². The normalized spacial score (nSPS) is 11.9. The number of esters is 1. The van der Waals surface area contributed by atoms with Gasteiger partial charge in [0.05, 0.1) is 12.2 Å². The van der Waals surface area contributed by atoms with E-state index in [0.29, 0.717) is 29.7 Å². The number of aryl methyl sites for hydroxylation is 1. The number of aliphatic hydroxyl groups is 1. The van der Waals surface area contributed by atoms with E-state index in [9.17, 15) is 15.0 Å². The Hall–Kier alpha value is -2.53. The van der Waals surface area contributed by atoms with E-state index in [1.807, 2.05) is 25.1 Å². The van der Waals surface area contributed by atoms with Gasteiger partial charge in [-0.25, -0.2) is 4.79 Å². The molecule has 0 aliphatic heterocycles. The molecule has 5 heteroatoms. The SMILES string of the molecule is CCCCCCOC(=O)c1cccc(CC)c1C(O)c1ccc(N(CC)CC)cc1O. The minimum atomic E-state index is -1.12. The number of ether oxygens (including phenoxy) is 1. The van der Waals surface area contributed by atoms with E-state index in [2.05, 4.69) is 25.7 Å². The Morgan fingerprint density at radius 3 is 2.39 bits per heavy atom. The highest BCUT2D eigenvalue weighted by Gasteiger charge is 2.25. The summed E-state index contributed by atoms with van der Waals surface area (Å²) in [5, 5.41) is 21.9. The van der Waals surface area contributed by atoms with Crippen LogP contribution in [-0.2, 0) is 11.2 Å². The van der Waals surface area contributed by atoms with Crippen LogP contribution in [0.15, 0.2) is 36.4 Å². The molecule has 170 valence electrons. The van der Waals surface area contributed by atoms with Gasteiger partial charge in [0.1, 0.15) is 11.9 Å². The number of nitrogens with zero attached hydrogens (tertiary/aromatic N) is 1. The zero-order valence-electron chi connectivity index (χ0n) is 19.4. The van der Waals surface area contributed by atoms with Crippen molar-refractivity contribution in [3.05, 3.63) is 58.7 Å². The summed E-state index contributed by atoms with van der Waals surface area (Å²) in [6.07, 6.45) is 3.64. The average molecular weight is 428 g/mol. The third-order valence-electron chi connectivity index (χ3n) is 5.74. The quantitative estimate of drug-likeness (QED) is 0.340. The van der Waals surface area contributed by atoms with Crippen LogP contribution in [0.2, 0.25) is 0 Å². The Morgan fingerprint density at radius 2 is 1.77 bits per heavy atom. The van der Waals surface area contributed by atoms with Crippen LogP contribution in [0.25, 0.3) is 0 Å². The second-order valence-electron chi connectivity index (χ2n) is 7.75. The van der Waals surface area contributed by atoms with Crippen LogP contribution in [0.5, 0.6) is 5.75 Å². The van der Waals surface area contributed by atoms with Crippen molar-refractivity contribution in [3.63, 3.8) is 0 Å². The predicted octanol–water partition coefficient (Wildman–Crippen LogP) is 5.62. The lowest BCUT2D eigenvalue weighted by molar-refractivity contribution is 0.0492. The van der Waals surface area contributed by atoms with Crippen molar-refractivity contribution in [3.8, 4) is 5.75 Å². The first-order valence-corrected chi connectivity index (χ1v) is 11.5. The Bertz CT molecular complexity index is 845. The molecule has 0 amide bonds. The molecule has 0 fully saturated rings. The largest absolute Gasteiger partial charge is 0.507 e. The molecule has 0 saturated heterocycles. The summed E-state index contributed by atoms with van der Waals surface area (Å²) >= 11 is 0. The number of phenolic OH excluding ortho intramolecular Hbond substituents is 1. The van der Waals surface area contributed by atoms with E-state index in [0.717, 1.165) is 50.0 Å². The Balaban J connectivity index is 2.33. The molecule has 0 heterocycles. The first kappa shape index (κ1) is 24.7. The van der Waals surface area contributed by atoms with Crippen LogP contribution in [0.1, 0.15) is 86.5 Å². The number of aromatic hydroxyl groups is 1. The second-order valence-corrected chi connectivity index (χ2v) is 7.75. The number of carbonyl (C=O) groups excluding carboxylic acids is 1. The number of hydrogen-bond acceptors (Lipinski definition) is 5. The lowest BCUT2D eigenvalue weighted by Crippen LogP contribution is -2.21. The van der Waals surface area contributed by atoms with Gasteiger partial charge in [0.25, 0.3) is 0 Å². The third kappa shape index (κ3) is 6.23. The lowest BCUT2D eigenvalue weighted by Gasteiger charge is -2.24. The van der Waals surface area contributed by atoms with Crippen molar-refractivity contribution in [2.75, 3.05) is 24.6 Å². The Labute approximate surface area is 186 Å². The van der Waals surface area contributed by atoms with Gasteiger partial charge in [-0.2, -0.15) is 0 Å². The van der Waals surface area contributed by atoms with Gasteiger partial charge in [0.2, 0.25) is 0 Å². The third-order valence-corrected chi connectivity index (χ3v) is 5.74. The maximum absolute atomic E-state index is 12.8. The molecule has 1 atom stereocenters. The molecule has 0 radical (unpaired) electrons. The van der Waals surface area contributed by atoms with E-state index in [1.165, 1.54) is 0 Å². The van der Waals surface area contributed by atoms with E-state index < -0.39 is 12.1 Å². The molecule has 2 N–H and O–H groups in total. The summed E-state index contributed by atoms with van der Waals surface area (Å²) in [5.41, 5.74) is 3.01. The minimum absolute atomic E-state index is 0.0155. The van der Waals surface area contributed by atoms with E-state index in [1.54, 1.807) is 18.2 Å². The maximum Gasteiger partial charge on any atom is 0.338 e. The fourth-order valence-electron chi connectivity index (χ4n) is 3.90. The number of rotatable bonds is 12. The molecule has 1 unspecified atom stereocenters. The van der Waals surface area contributed by atoms with Crippen LogP contribution < -0.4 is 4.90 Å². The van der Waals surface area contributed by atoms with Crippen molar-refractivity contribution in [2.45, 2.75) is 65.9 Å². The zero-order chi connectivity index (χ0) is 22.8. The smallest absolute Gasteiger partial charge is 0.338 e. The molecule has 0 aliphatic carbocycles. The molecule has 0 aliphatic rings. The second kappa shape index (κ2) is 12.4. The van der Waals surface area contributed by atoms with Crippen LogP contribution in [0, 0.1) is 0 Å². The maximum atomic E-state index is 12.8. The molecule has 2 rings (SSSR count). The van der Waals surface area contributed by atoms with Crippen molar-refractivity contribution in [1.82, 2.24) is 0 Å². The lowest BCUT2D eigenvalue weighted by atomic mass is 9.90. The summed E-state index contributed by atoms with van der Waals surface area (Å²) < 4.78 is 5.49. The van der Waals surface area contributed by atoms with Gasteiger partial charge < -0.3 is 19.8 Å². The number of unbranched alkanes of at least 4 members (excludes halogenated alkanes) is 3. The fourth-order valence-corrected chi connectivity index (χ4v) is 3.90. The molecule has 0 saturated carbocycles. The zero-order valence-corrected chi connectivity index (χ0v) is 19.4. The summed E-state index contributed by atoms with van der Waals surface area (Å²) in [6, 6.07) is 10.7. The Morgan fingerprint density at radius 1 is 1.03 bits per heavy atom. The molecule has 0 aromatic heterocycles. The van der Waals surface area contributed by atoms with Crippen LogP contribution in [0.3, 0.4) is 0 Å². The topological polar surface area (TPSA) is 70.0 Å². The summed E-state index contributed by atoms with van der Waals surface area (Å²) in [5.74, 6) is -0.415. The number of phenols is 1. The van der Waals surface area contributed by atoms with E-state index in [4.69, 9.17) is 4.74 Å². The predicted molar refractivity (Wildman–Crippen MR) is 126 cm³/mol. The number of aliphatic hydroxyl groups excluding tert-OH is 1. The van der Waals surface area contributed by atoms with Gasteiger partial charge in [-0.15, -0.1) is 0 Å². The highest BCUT2D eigenvalue weighted by molar-refractivity contribution is 5.92. The van der Waals surface area contributed by atoms with E-state index in [-0.39, 0.29) is 5.75 Å². The first-order valence-electron chi connectivity index (χ1n) is 11.5. The monoisotopic (exact) mass is 427 g/mol. The minimum Gasteiger partial charge on any atom is -0.507 e. The number of hydrogen-bond donors (Lipinski definition) is 2. The standard InChI is InChI=1S/C26H37NO4/c1-5-9-10-11-17-31-26(30)22-14-12-13-19(6-2)24(22)25(29)21-16-15-20(18-23(21)28)27(7-3)8-4/h12-16,18,25,28-29H,5-11,17H2,1-4H3. The van der Waals surface area contributed by atoms with Crippen LogP contribution in [-0.4, -0.2) is 35.9 Å². The summed E-state index contributed by atoms with van der Waals surface area (Å²) in [4.78, 5) is 14.9. The van der Waals surface area contributed by atoms with Gasteiger partial charge in [-0.1, -0.05) is 51.3 Å². The highest BCUT2D eigenvalue weighted by Crippen LogP contribution is 2.36. The van der Waals surface area contributed by atoms with Crippen molar-refractivity contribution in [2.24, 2.45) is 0 Å². The Kier molecular flexibility index (Phi) is 9.86. The van der Waals surface area contributed by atoms with Crippen LogP contribution >= 0.6 is 0 Å². The molecule has 5 nitrogen and oxygen atoms in total. The molecular weight excluding hydrogens is 390 g/mol. The summed E-state index contributed by atoms with van der Waals surface area (Å²) in [7, 11) is 0. The fraction of sp³-hybridized carbons (Fsp3) is 0.500. The number of anilines is 1. The van der Waals surface area contributed by atoms with Crippen LogP contribution in [0.4, 0.5) is 5.69 Å². The average Bonchev–Trinajstić information content (AvgIpc) is 2.78. The molecule has 0 bridgehead atoms. The molecule has 2 aromatic carbocycles. The van der Waals surface area contributed by atoms with E-state index >= 15 is 0 Å². The number of carbonyl (C=O) groups is 1. The first-order chi connectivity index (χ1) is 15.0. The van der Waals surface area contributed by atoms with Gasteiger partial charge in [0, 0.05) is 36.0 Å². The van der Waals surface area contributed by atoms with Gasteiger partial charge in [-0.3, -0.25) is 0 Å². The summed E-state index contributed by atoms with van der Waals surface area (Å²) in [6.45, 7) is 10.3. The van der Waals surface area contributed by atoms with Crippen molar-refractivity contribution >= 4 is 11.7 Å². The molecule has 2 aromatic rings. The van der Waals surface area contributed by atoms with Crippen molar-refractivity contribution < 1.29 is 19.7 Å². The number of benzene rings is 2. The van der Waals surface area contributed by atoms with Gasteiger partial charge in [-0.05, 0) is 44.4 Å². The van der Waals surface area contributed by atoms with Gasteiger partial charge >= 0.3 is 5.97 Å². The molecular formula is C26H37NO4. The highest BCUT2D eigenvalue weighted by atomic mass is 16.5. The molecule has 0 spiro atoms. The van der Waals surface area contributed by atoms with Crippen molar-refractivity contribution in [1.29, 1.82) is 0 Å². The molecule has 31 heavy (non-hydrogen) atoms.